The van der Waals surface area contributed by atoms with Crippen LogP contribution in [0.25, 0.3) is 0 Å². The van der Waals surface area contributed by atoms with Crippen LogP contribution in [0.2, 0.25) is 0 Å². The van der Waals surface area contributed by atoms with Gasteiger partial charge in [0.05, 0.1) is 5.92 Å². The molecule has 0 saturated heterocycles. The van der Waals surface area contributed by atoms with Gasteiger partial charge in [-0.1, -0.05) is 56.7 Å². The van der Waals surface area contributed by atoms with Crippen LogP contribution in [0, 0.1) is 18.7 Å². The zero-order valence-electron chi connectivity index (χ0n) is 13.3. The molecular formula is C19H22FNO. The number of aryl methyl sites for hydroxylation is 1. The number of carbonyl (C=O) groups is 1. The third-order valence-electron chi connectivity index (χ3n) is 4.11. The van der Waals surface area contributed by atoms with Crippen molar-refractivity contribution in [3.8, 4) is 0 Å². The zero-order chi connectivity index (χ0) is 16.1. The van der Waals surface area contributed by atoms with E-state index in [1.165, 1.54) is 12.1 Å². The van der Waals surface area contributed by atoms with Gasteiger partial charge in [0.1, 0.15) is 5.82 Å². The molecule has 0 fully saturated rings. The molecule has 2 atom stereocenters. The highest BCUT2D eigenvalue weighted by Gasteiger charge is 2.26. The molecule has 3 heteroatoms. The van der Waals surface area contributed by atoms with Gasteiger partial charge in [0.15, 0.2) is 0 Å². The van der Waals surface area contributed by atoms with Crippen LogP contribution >= 0.6 is 0 Å². The van der Waals surface area contributed by atoms with E-state index in [0.717, 1.165) is 17.5 Å². The highest BCUT2D eigenvalue weighted by atomic mass is 19.1. The third kappa shape index (κ3) is 3.73. The average molecular weight is 299 g/mol. The Hall–Kier alpha value is -2.16. The van der Waals surface area contributed by atoms with E-state index >= 15 is 0 Å². The van der Waals surface area contributed by atoms with E-state index in [4.69, 9.17) is 0 Å². The Bertz CT molecular complexity index is 639. The quantitative estimate of drug-likeness (QED) is 0.835. The molecule has 2 aromatic carbocycles. The summed E-state index contributed by atoms with van der Waals surface area (Å²) in [7, 11) is 0. The summed E-state index contributed by atoms with van der Waals surface area (Å²) in [6.07, 6.45) is 0.898. The SMILES string of the molecule is CC[C@@H](C)[C@H](C(=O)Nc1cc(F)ccc1C)c1ccccc1. The van der Waals surface area contributed by atoms with Crippen LogP contribution in [0.3, 0.4) is 0 Å². The summed E-state index contributed by atoms with van der Waals surface area (Å²) >= 11 is 0. The lowest BCUT2D eigenvalue weighted by molar-refractivity contribution is -0.118. The van der Waals surface area contributed by atoms with Crippen molar-refractivity contribution in [2.24, 2.45) is 5.92 Å². The van der Waals surface area contributed by atoms with Crippen LogP contribution in [-0.4, -0.2) is 5.91 Å². The normalized spacial score (nSPS) is 13.5. The van der Waals surface area contributed by atoms with Crippen LogP contribution in [0.5, 0.6) is 0 Å². The van der Waals surface area contributed by atoms with Crippen molar-refractivity contribution in [3.63, 3.8) is 0 Å². The van der Waals surface area contributed by atoms with Crippen molar-refractivity contribution in [1.82, 2.24) is 0 Å². The van der Waals surface area contributed by atoms with Gasteiger partial charge in [0, 0.05) is 5.69 Å². The molecular weight excluding hydrogens is 277 g/mol. The fourth-order valence-corrected chi connectivity index (χ4v) is 2.57. The van der Waals surface area contributed by atoms with Gasteiger partial charge in [-0.25, -0.2) is 4.39 Å². The molecule has 0 aliphatic heterocycles. The number of anilines is 1. The fraction of sp³-hybridized carbons (Fsp3) is 0.316. The molecule has 116 valence electrons. The Labute approximate surface area is 131 Å². The lowest BCUT2D eigenvalue weighted by Crippen LogP contribution is -2.26. The number of benzene rings is 2. The van der Waals surface area contributed by atoms with Gasteiger partial charge in [-0.05, 0) is 36.1 Å². The molecule has 0 aliphatic rings. The number of nitrogens with one attached hydrogen (secondary N) is 1. The Kier molecular flexibility index (Phi) is 5.31. The Morgan fingerprint density at radius 2 is 1.86 bits per heavy atom. The Morgan fingerprint density at radius 3 is 2.50 bits per heavy atom. The van der Waals surface area contributed by atoms with Crippen molar-refractivity contribution in [2.45, 2.75) is 33.1 Å². The molecule has 0 aromatic heterocycles. The van der Waals surface area contributed by atoms with E-state index in [1.807, 2.05) is 37.3 Å². The fourth-order valence-electron chi connectivity index (χ4n) is 2.57. The van der Waals surface area contributed by atoms with Crippen LogP contribution in [0.15, 0.2) is 48.5 Å². The number of hydrogen-bond donors (Lipinski definition) is 1. The van der Waals surface area contributed by atoms with Crippen molar-refractivity contribution < 1.29 is 9.18 Å². The maximum absolute atomic E-state index is 13.4. The first kappa shape index (κ1) is 16.2. The number of halogens is 1. The van der Waals surface area contributed by atoms with E-state index < -0.39 is 0 Å². The van der Waals surface area contributed by atoms with E-state index in [0.29, 0.717) is 5.69 Å². The minimum absolute atomic E-state index is 0.0887. The Balaban J connectivity index is 2.28. The predicted octanol–water partition coefficient (Wildman–Crippen LogP) is 4.90. The molecule has 0 heterocycles. The number of amides is 1. The van der Waals surface area contributed by atoms with Gasteiger partial charge in [-0.2, -0.15) is 0 Å². The van der Waals surface area contributed by atoms with Gasteiger partial charge in [0.2, 0.25) is 5.91 Å². The van der Waals surface area contributed by atoms with Gasteiger partial charge in [-0.15, -0.1) is 0 Å². The highest BCUT2D eigenvalue weighted by molar-refractivity contribution is 5.96. The molecule has 0 unspecified atom stereocenters. The molecule has 2 nitrogen and oxygen atoms in total. The van der Waals surface area contributed by atoms with Gasteiger partial charge < -0.3 is 5.32 Å². The average Bonchev–Trinajstić information content (AvgIpc) is 2.52. The Morgan fingerprint density at radius 1 is 1.18 bits per heavy atom. The first-order chi connectivity index (χ1) is 10.5. The van der Waals surface area contributed by atoms with E-state index in [1.54, 1.807) is 6.07 Å². The summed E-state index contributed by atoms with van der Waals surface area (Å²) in [5.41, 5.74) is 2.38. The van der Waals surface area contributed by atoms with Gasteiger partial charge in [-0.3, -0.25) is 4.79 Å². The minimum atomic E-state index is -0.347. The number of rotatable bonds is 5. The van der Waals surface area contributed by atoms with Crippen LogP contribution in [0.4, 0.5) is 10.1 Å². The maximum Gasteiger partial charge on any atom is 0.232 e. The van der Waals surface area contributed by atoms with E-state index in [2.05, 4.69) is 19.2 Å². The molecule has 0 saturated carbocycles. The van der Waals surface area contributed by atoms with Gasteiger partial charge in [0.25, 0.3) is 0 Å². The summed E-state index contributed by atoms with van der Waals surface area (Å²) in [6.45, 7) is 5.99. The van der Waals surface area contributed by atoms with Gasteiger partial charge >= 0.3 is 0 Å². The summed E-state index contributed by atoms with van der Waals surface area (Å²) in [5, 5.41) is 2.89. The van der Waals surface area contributed by atoms with E-state index in [-0.39, 0.29) is 23.6 Å². The molecule has 22 heavy (non-hydrogen) atoms. The summed E-state index contributed by atoms with van der Waals surface area (Å²) in [5.74, 6) is -0.472. The second-order valence-corrected chi connectivity index (χ2v) is 5.72. The highest BCUT2D eigenvalue weighted by Crippen LogP contribution is 2.29. The lowest BCUT2D eigenvalue weighted by atomic mass is 9.85. The standard InChI is InChI=1S/C19H22FNO/c1-4-13(2)18(15-8-6-5-7-9-15)19(22)21-17-12-16(20)11-10-14(17)3/h5-13,18H,4H2,1-3H3,(H,21,22)/t13-,18+/m1/s1. The van der Waals surface area contributed by atoms with Crippen molar-refractivity contribution >= 4 is 11.6 Å². The van der Waals surface area contributed by atoms with Crippen molar-refractivity contribution in [3.05, 3.63) is 65.5 Å². The summed E-state index contributed by atoms with van der Waals surface area (Å²) in [6, 6.07) is 14.2. The zero-order valence-corrected chi connectivity index (χ0v) is 13.3. The van der Waals surface area contributed by atoms with E-state index in [9.17, 15) is 9.18 Å². The molecule has 2 rings (SSSR count). The molecule has 2 aromatic rings. The summed E-state index contributed by atoms with van der Waals surface area (Å²) in [4.78, 5) is 12.7. The number of hydrogen-bond acceptors (Lipinski definition) is 1. The molecule has 1 N–H and O–H groups in total. The number of carbonyl (C=O) groups excluding carboxylic acids is 1. The largest absolute Gasteiger partial charge is 0.325 e. The third-order valence-corrected chi connectivity index (χ3v) is 4.11. The predicted molar refractivity (Wildman–Crippen MR) is 88.4 cm³/mol. The monoisotopic (exact) mass is 299 g/mol. The second kappa shape index (κ2) is 7.21. The molecule has 0 bridgehead atoms. The van der Waals surface area contributed by atoms with Crippen LogP contribution in [0.1, 0.15) is 37.3 Å². The molecule has 0 spiro atoms. The first-order valence-electron chi connectivity index (χ1n) is 7.65. The molecule has 0 aliphatic carbocycles. The molecule has 0 radical (unpaired) electrons. The topological polar surface area (TPSA) is 29.1 Å². The molecule has 1 amide bonds. The smallest absolute Gasteiger partial charge is 0.232 e. The maximum atomic E-state index is 13.4. The van der Waals surface area contributed by atoms with Crippen molar-refractivity contribution in [1.29, 1.82) is 0 Å². The lowest BCUT2D eigenvalue weighted by Gasteiger charge is -2.23. The van der Waals surface area contributed by atoms with Crippen LogP contribution < -0.4 is 5.32 Å². The van der Waals surface area contributed by atoms with Crippen LogP contribution in [-0.2, 0) is 4.79 Å². The summed E-state index contributed by atoms with van der Waals surface area (Å²) < 4.78 is 13.4. The first-order valence-corrected chi connectivity index (χ1v) is 7.65. The second-order valence-electron chi connectivity index (χ2n) is 5.72. The van der Waals surface area contributed by atoms with Crippen molar-refractivity contribution in [2.75, 3.05) is 5.32 Å². The minimum Gasteiger partial charge on any atom is -0.325 e.